The molecule has 0 saturated carbocycles. The van der Waals surface area contributed by atoms with Gasteiger partial charge in [0.15, 0.2) is 0 Å². The molecule has 2 nitrogen and oxygen atoms in total. The third kappa shape index (κ3) is 1.45. The Labute approximate surface area is 105 Å². The third-order valence-corrected chi connectivity index (χ3v) is 3.60. The molecule has 1 aliphatic rings. The zero-order valence-corrected chi connectivity index (χ0v) is 10.4. The van der Waals surface area contributed by atoms with Crippen molar-refractivity contribution in [3.8, 4) is 0 Å². The van der Waals surface area contributed by atoms with Crippen molar-refractivity contribution in [3.05, 3.63) is 58.9 Å². The summed E-state index contributed by atoms with van der Waals surface area (Å²) in [5.74, 6) is 0. The Hall–Kier alpha value is -1.81. The first-order valence-electron chi connectivity index (χ1n) is 5.40. The summed E-state index contributed by atoms with van der Waals surface area (Å²) in [7, 11) is 1.81. The minimum atomic E-state index is 0.951. The molecule has 0 unspecified atom stereocenters. The summed E-state index contributed by atoms with van der Waals surface area (Å²) in [4.78, 5) is 6.51. The van der Waals surface area contributed by atoms with Gasteiger partial charge >= 0.3 is 0 Å². The van der Waals surface area contributed by atoms with E-state index in [9.17, 15) is 0 Å². The van der Waals surface area contributed by atoms with Gasteiger partial charge < -0.3 is 9.80 Å². The van der Waals surface area contributed by atoms with E-state index in [0.29, 0.717) is 0 Å². The van der Waals surface area contributed by atoms with Gasteiger partial charge in [-0.25, -0.2) is 0 Å². The van der Waals surface area contributed by atoms with Crippen molar-refractivity contribution in [2.24, 2.45) is 4.90 Å². The second-order valence-electron chi connectivity index (χ2n) is 3.85. The van der Waals surface area contributed by atoms with E-state index in [-0.39, 0.29) is 0 Å². The number of hydrogen-bond donors (Lipinski definition) is 0. The van der Waals surface area contributed by atoms with Crippen molar-refractivity contribution in [1.29, 1.82) is 0 Å². The summed E-state index contributed by atoms with van der Waals surface area (Å²) in [6.07, 6.45) is 0. The van der Waals surface area contributed by atoms with Crippen LogP contribution in [0.25, 0.3) is 0 Å². The average molecular weight is 238 g/mol. The first kappa shape index (κ1) is 10.4. The number of fused-ring (bicyclic) bond motifs is 1. The van der Waals surface area contributed by atoms with E-state index in [0.717, 1.165) is 28.3 Å². The minimum absolute atomic E-state index is 0.951. The number of anilines is 2. The number of thiophene rings is 1. The average Bonchev–Trinajstić information content (AvgIpc) is 2.93. The van der Waals surface area contributed by atoms with Gasteiger partial charge in [-0.2, -0.15) is 11.3 Å². The molecule has 0 saturated heterocycles. The minimum Gasteiger partial charge on any atom is -0.350 e. The molecule has 0 bridgehead atoms. The van der Waals surface area contributed by atoms with E-state index in [2.05, 4.69) is 45.3 Å². The molecule has 0 fully saturated rings. The maximum Gasteiger partial charge on any atom is 0.245 e. The van der Waals surface area contributed by atoms with E-state index >= 15 is 0 Å². The van der Waals surface area contributed by atoms with Crippen LogP contribution in [0.2, 0.25) is 0 Å². The summed E-state index contributed by atoms with van der Waals surface area (Å²) in [6, 6.07) is 10.4. The van der Waals surface area contributed by atoms with Gasteiger partial charge in [-0.1, -0.05) is 24.8 Å². The molecule has 3 rings (SSSR count). The Morgan fingerprint density at radius 3 is 2.76 bits per heavy atom. The van der Waals surface area contributed by atoms with Crippen LogP contribution in [0.15, 0.2) is 58.3 Å². The van der Waals surface area contributed by atoms with Crippen molar-refractivity contribution in [3.63, 3.8) is 0 Å². The number of benzene rings is 1. The summed E-state index contributed by atoms with van der Waals surface area (Å²) in [6.45, 7) is 4.16. The second kappa shape index (κ2) is 3.89. The highest BCUT2D eigenvalue weighted by atomic mass is 32.1. The Morgan fingerprint density at radius 1 is 1.24 bits per heavy atom. The van der Waals surface area contributed by atoms with Crippen LogP contribution in [-0.4, -0.2) is 13.7 Å². The van der Waals surface area contributed by atoms with Gasteiger partial charge in [-0.05, 0) is 17.5 Å². The van der Waals surface area contributed by atoms with Gasteiger partial charge in [0, 0.05) is 10.9 Å². The first-order valence-corrected chi connectivity index (χ1v) is 6.35. The fourth-order valence-electron chi connectivity index (χ4n) is 2.20. The molecule has 1 aromatic heterocycles. The summed E-state index contributed by atoms with van der Waals surface area (Å²) in [5, 5.41) is 4.20. The maximum absolute atomic E-state index is 4.35. The summed E-state index contributed by atoms with van der Waals surface area (Å²) < 4.78 is 0. The van der Waals surface area contributed by atoms with Crippen LogP contribution < -0.4 is 4.90 Å². The molecular formula is C13H11BN2S. The van der Waals surface area contributed by atoms with Crippen molar-refractivity contribution < 1.29 is 0 Å². The van der Waals surface area contributed by atoms with E-state index in [1.807, 2.05) is 20.1 Å². The Morgan fingerprint density at radius 2 is 2.06 bits per heavy atom. The second-order valence-corrected chi connectivity index (χ2v) is 4.63. The van der Waals surface area contributed by atoms with Gasteiger partial charge in [-0.15, -0.1) is 0 Å². The zero-order valence-electron chi connectivity index (χ0n) is 9.55. The topological polar surface area (TPSA) is 15.6 Å². The van der Waals surface area contributed by atoms with Crippen molar-refractivity contribution in [2.45, 2.75) is 0 Å². The SMILES string of the molecule is BN=C1C(=C)N(c2ccsc2)c2ccccc21. The van der Waals surface area contributed by atoms with Crippen molar-refractivity contribution >= 4 is 36.4 Å². The molecule has 0 radical (unpaired) electrons. The third-order valence-electron chi connectivity index (χ3n) is 2.93. The fraction of sp³-hybridized carbons (Fsp3) is 0. The van der Waals surface area contributed by atoms with Crippen LogP contribution in [0, 0.1) is 0 Å². The van der Waals surface area contributed by atoms with Crippen LogP contribution in [-0.2, 0) is 0 Å². The number of hydrogen-bond acceptors (Lipinski definition) is 3. The molecular weight excluding hydrogens is 227 g/mol. The smallest absolute Gasteiger partial charge is 0.245 e. The van der Waals surface area contributed by atoms with Gasteiger partial charge in [0.1, 0.15) is 0 Å². The van der Waals surface area contributed by atoms with E-state index in [1.165, 1.54) is 0 Å². The lowest BCUT2D eigenvalue weighted by molar-refractivity contribution is 1.29. The molecule has 0 N–H and O–H groups in total. The molecule has 2 heterocycles. The quantitative estimate of drug-likeness (QED) is 0.697. The molecule has 0 aliphatic carbocycles. The molecule has 2 aromatic rings. The van der Waals surface area contributed by atoms with Crippen LogP contribution in [0.4, 0.5) is 11.4 Å². The lowest BCUT2D eigenvalue weighted by atomic mass is 10.1. The molecule has 1 aromatic carbocycles. The van der Waals surface area contributed by atoms with Gasteiger partial charge in [0.2, 0.25) is 7.98 Å². The molecule has 4 heteroatoms. The highest BCUT2D eigenvalue weighted by molar-refractivity contribution is 7.08. The van der Waals surface area contributed by atoms with Crippen molar-refractivity contribution in [2.75, 3.05) is 4.90 Å². The molecule has 17 heavy (non-hydrogen) atoms. The molecule has 1 aliphatic heterocycles. The van der Waals surface area contributed by atoms with Crippen LogP contribution in [0.3, 0.4) is 0 Å². The molecule has 0 amide bonds. The number of nitrogens with zero attached hydrogens (tertiary/aromatic N) is 2. The standard InChI is InChI=1S/C13H11BN2S/c1-9-13(15-14)11-4-2-3-5-12(11)16(9)10-6-7-17-8-10/h2-8H,1,14H2. The summed E-state index contributed by atoms with van der Waals surface area (Å²) >= 11 is 1.69. The molecule has 0 spiro atoms. The van der Waals surface area contributed by atoms with Crippen molar-refractivity contribution in [1.82, 2.24) is 0 Å². The van der Waals surface area contributed by atoms with Crippen LogP contribution in [0.1, 0.15) is 5.56 Å². The lowest BCUT2D eigenvalue weighted by Gasteiger charge is -2.18. The normalized spacial score (nSPS) is 16.6. The predicted molar refractivity (Wildman–Crippen MR) is 77.1 cm³/mol. The van der Waals surface area contributed by atoms with Crippen LogP contribution >= 0.6 is 11.3 Å². The Bertz CT molecular complexity index is 602. The zero-order chi connectivity index (χ0) is 11.8. The highest BCUT2D eigenvalue weighted by Gasteiger charge is 2.28. The summed E-state index contributed by atoms with van der Waals surface area (Å²) in [5.41, 5.74) is 5.41. The maximum atomic E-state index is 4.35. The number of rotatable bonds is 1. The fourth-order valence-corrected chi connectivity index (χ4v) is 2.82. The largest absolute Gasteiger partial charge is 0.350 e. The Kier molecular flexibility index (Phi) is 2.37. The monoisotopic (exact) mass is 238 g/mol. The number of para-hydroxylation sites is 1. The lowest BCUT2D eigenvalue weighted by Crippen LogP contribution is -2.12. The van der Waals surface area contributed by atoms with Gasteiger partial charge in [-0.3, -0.25) is 0 Å². The van der Waals surface area contributed by atoms with E-state index < -0.39 is 0 Å². The highest BCUT2D eigenvalue weighted by Crippen LogP contribution is 2.40. The molecule has 0 atom stereocenters. The number of allylic oxidation sites excluding steroid dienone is 1. The van der Waals surface area contributed by atoms with E-state index in [1.54, 1.807) is 11.3 Å². The van der Waals surface area contributed by atoms with Gasteiger partial charge in [0.05, 0.1) is 22.8 Å². The predicted octanol–water partition coefficient (Wildman–Crippen LogP) is 2.75. The molecule has 82 valence electrons. The Balaban J connectivity index is 2.23. The first-order chi connectivity index (χ1) is 8.33. The van der Waals surface area contributed by atoms with Crippen LogP contribution in [0.5, 0.6) is 0 Å². The van der Waals surface area contributed by atoms with E-state index in [4.69, 9.17) is 0 Å². The van der Waals surface area contributed by atoms with Gasteiger partial charge in [0.25, 0.3) is 0 Å².